The van der Waals surface area contributed by atoms with Crippen molar-refractivity contribution in [3.8, 4) is 5.75 Å². The molecule has 1 aromatic rings. The van der Waals surface area contributed by atoms with Crippen molar-refractivity contribution in [2.75, 3.05) is 33.9 Å². The van der Waals surface area contributed by atoms with Crippen molar-refractivity contribution in [3.63, 3.8) is 0 Å². The topological polar surface area (TPSA) is 59.1 Å². The Bertz CT molecular complexity index is 587. The van der Waals surface area contributed by atoms with Crippen LogP contribution in [0.3, 0.4) is 0 Å². The minimum Gasteiger partial charge on any atom is -0.497 e. The Hall–Kier alpha value is -2.08. The Labute approximate surface area is 136 Å². The molecule has 0 aromatic heterocycles. The van der Waals surface area contributed by atoms with Gasteiger partial charge in [0.25, 0.3) is 5.91 Å². The molecule has 0 N–H and O–H groups in total. The Balaban J connectivity index is 1.72. The van der Waals surface area contributed by atoms with Gasteiger partial charge in [-0.25, -0.2) is 0 Å². The summed E-state index contributed by atoms with van der Waals surface area (Å²) >= 11 is 0. The van der Waals surface area contributed by atoms with Gasteiger partial charge in [-0.05, 0) is 30.7 Å². The summed E-state index contributed by atoms with van der Waals surface area (Å²) in [6.45, 7) is 1.82. The van der Waals surface area contributed by atoms with Gasteiger partial charge in [0.05, 0.1) is 25.8 Å². The monoisotopic (exact) mass is 318 g/mol. The number of benzene rings is 1. The number of likely N-dealkylation sites (tertiary alicyclic amines) is 2. The van der Waals surface area contributed by atoms with E-state index in [1.54, 1.807) is 38.5 Å². The van der Waals surface area contributed by atoms with E-state index in [4.69, 9.17) is 9.47 Å². The van der Waals surface area contributed by atoms with E-state index in [0.29, 0.717) is 31.7 Å². The molecule has 0 aliphatic carbocycles. The Morgan fingerprint density at radius 2 is 1.96 bits per heavy atom. The molecule has 0 radical (unpaired) electrons. The van der Waals surface area contributed by atoms with Gasteiger partial charge in [0.15, 0.2) is 0 Å². The van der Waals surface area contributed by atoms with Crippen molar-refractivity contribution in [2.24, 2.45) is 0 Å². The van der Waals surface area contributed by atoms with Gasteiger partial charge in [-0.1, -0.05) is 0 Å². The van der Waals surface area contributed by atoms with E-state index in [1.165, 1.54) is 0 Å². The predicted molar refractivity (Wildman–Crippen MR) is 84.4 cm³/mol. The third-order valence-electron chi connectivity index (χ3n) is 4.75. The highest BCUT2D eigenvalue weighted by Gasteiger charge is 2.48. The average molecular weight is 318 g/mol. The summed E-state index contributed by atoms with van der Waals surface area (Å²) in [6.07, 6.45) is 1.25. The summed E-state index contributed by atoms with van der Waals surface area (Å²) in [6, 6.07) is 7.22. The van der Waals surface area contributed by atoms with Gasteiger partial charge in [0, 0.05) is 32.2 Å². The highest BCUT2D eigenvalue weighted by atomic mass is 16.5. The molecule has 124 valence electrons. The highest BCUT2D eigenvalue weighted by Crippen LogP contribution is 2.33. The lowest BCUT2D eigenvalue weighted by Crippen LogP contribution is -2.40. The number of nitrogens with zero attached hydrogens (tertiary/aromatic N) is 2. The number of carbonyl (C=O) groups excluding carboxylic acids is 2. The minimum atomic E-state index is -0.0195. The van der Waals surface area contributed by atoms with Gasteiger partial charge in [-0.3, -0.25) is 9.59 Å². The number of fused-ring (bicyclic) bond motifs is 1. The fourth-order valence-corrected chi connectivity index (χ4v) is 3.56. The second kappa shape index (κ2) is 6.58. The fraction of sp³-hybridized carbons (Fsp3) is 0.529. The van der Waals surface area contributed by atoms with E-state index in [0.717, 1.165) is 12.2 Å². The van der Waals surface area contributed by atoms with Crippen LogP contribution < -0.4 is 4.74 Å². The molecular formula is C17H22N2O4. The van der Waals surface area contributed by atoms with Crippen LogP contribution >= 0.6 is 0 Å². The molecule has 0 bridgehead atoms. The summed E-state index contributed by atoms with van der Waals surface area (Å²) in [7, 11) is 3.23. The molecule has 3 rings (SSSR count). The molecule has 6 nitrogen and oxygen atoms in total. The van der Waals surface area contributed by atoms with Crippen LogP contribution in [-0.4, -0.2) is 67.6 Å². The van der Waals surface area contributed by atoms with Gasteiger partial charge in [0.1, 0.15) is 5.75 Å². The lowest BCUT2D eigenvalue weighted by atomic mass is 10.1. The summed E-state index contributed by atoms with van der Waals surface area (Å²) in [5, 5.41) is 0. The van der Waals surface area contributed by atoms with Crippen LogP contribution in [0.2, 0.25) is 0 Å². The Morgan fingerprint density at radius 1 is 1.22 bits per heavy atom. The zero-order valence-electron chi connectivity index (χ0n) is 13.5. The number of amides is 2. The maximum atomic E-state index is 12.7. The maximum absolute atomic E-state index is 12.7. The summed E-state index contributed by atoms with van der Waals surface area (Å²) in [5.41, 5.74) is 0.634. The van der Waals surface area contributed by atoms with Crippen molar-refractivity contribution in [1.82, 2.24) is 9.80 Å². The normalized spacial score (nSPS) is 23.3. The third kappa shape index (κ3) is 2.91. The van der Waals surface area contributed by atoms with Gasteiger partial charge in [-0.15, -0.1) is 0 Å². The number of hydrogen-bond donors (Lipinski definition) is 0. The van der Waals surface area contributed by atoms with Crippen molar-refractivity contribution < 1.29 is 19.1 Å². The summed E-state index contributed by atoms with van der Waals surface area (Å²) in [5.74, 6) is 0.827. The van der Waals surface area contributed by atoms with Crippen molar-refractivity contribution in [3.05, 3.63) is 29.8 Å². The summed E-state index contributed by atoms with van der Waals surface area (Å²) in [4.78, 5) is 28.7. The largest absolute Gasteiger partial charge is 0.497 e. The van der Waals surface area contributed by atoms with Crippen molar-refractivity contribution in [2.45, 2.75) is 24.9 Å². The van der Waals surface area contributed by atoms with Crippen LogP contribution in [0.4, 0.5) is 0 Å². The predicted octanol–water partition coefficient (Wildman–Crippen LogP) is 1.16. The zero-order chi connectivity index (χ0) is 16.4. The molecule has 2 atom stereocenters. The number of ether oxygens (including phenoxy) is 2. The molecule has 2 aliphatic heterocycles. The van der Waals surface area contributed by atoms with Gasteiger partial charge in [-0.2, -0.15) is 0 Å². The van der Waals surface area contributed by atoms with Crippen LogP contribution in [0.5, 0.6) is 5.75 Å². The standard InChI is InChI=1S/C17H22N2O4/c1-22-10-9-18-14-7-8-19(15(14)11-16(18)20)17(21)12-3-5-13(23-2)6-4-12/h3-6,14-15H,7-11H2,1-2H3/t14-,15+/m0/s1. The molecule has 2 saturated heterocycles. The van der Waals surface area contributed by atoms with Gasteiger partial charge < -0.3 is 19.3 Å². The van der Waals surface area contributed by atoms with E-state index < -0.39 is 0 Å². The van der Waals surface area contributed by atoms with Crippen LogP contribution in [0.25, 0.3) is 0 Å². The molecule has 2 heterocycles. The second-order valence-electron chi connectivity index (χ2n) is 5.93. The summed E-state index contributed by atoms with van der Waals surface area (Å²) < 4.78 is 10.2. The second-order valence-corrected chi connectivity index (χ2v) is 5.93. The molecule has 2 fully saturated rings. The molecule has 0 unspecified atom stereocenters. The van der Waals surface area contributed by atoms with Crippen LogP contribution in [0.1, 0.15) is 23.2 Å². The SMILES string of the molecule is COCCN1C(=O)C[C@@H]2[C@@H]1CCN2C(=O)c1ccc(OC)cc1. The van der Waals surface area contributed by atoms with Crippen LogP contribution in [-0.2, 0) is 9.53 Å². The quantitative estimate of drug-likeness (QED) is 0.817. The molecular weight excluding hydrogens is 296 g/mol. The van der Waals surface area contributed by atoms with Gasteiger partial charge >= 0.3 is 0 Å². The maximum Gasteiger partial charge on any atom is 0.254 e. The van der Waals surface area contributed by atoms with Crippen molar-refractivity contribution in [1.29, 1.82) is 0 Å². The smallest absolute Gasteiger partial charge is 0.254 e. The first kappa shape index (κ1) is 15.8. The average Bonchev–Trinajstić information content (AvgIpc) is 3.11. The molecule has 1 aromatic carbocycles. The molecule has 0 spiro atoms. The lowest BCUT2D eigenvalue weighted by molar-refractivity contribution is -0.129. The van der Waals surface area contributed by atoms with E-state index in [2.05, 4.69) is 0 Å². The minimum absolute atomic E-state index is 0.0125. The molecule has 0 saturated carbocycles. The Morgan fingerprint density at radius 3 is 2.61 bits per heavy atom. The first-order valence-electron chi connectivity index (χ1n) is 7.89. The zero-order valence-corrected chi connectivity index (χ0v) is 13.5. The van der Waals surface area contributed by atoms with Gasteiger partial charge in [0.2, 0.25) is 5.91 Å². The number of carbonyl (C=O) groups is 2. The van der Waals surface area contributed by atoms with E-state index in [9.17, 15) is 9.59 Å². The highest BCUT2D eigenvalue weighted by molar-refractivity contribution is 5.95. The first-order valence-corrected chi connectivity index (χ1v) is 7.89. The number of rotatable bonds is 5. The number of hydrogen-bond acceptors (Lipinski definition) is 4. The fourth-order valence-electron chi connectivity index (χ4n) is 3.56. The lowest BCUT2D eigenvalue weighted by Gasteiger charge is -2.25. The third-order valence-corrected chi connectivity index (χ3v) is 4.75. The van der Waals surface area contributed by atoms with Crippen LogP contribution in [0, 0.1) is 0 Å². The molecule has 6 heteroatoms. The Kier molecular flexibility index (Phi) is 4.52. The van der Waals surface area contributed by atoms with Crippen molar-refractivity contribution >= 4 is 11.8 Å². The van der Waals surface area contributed by atoms with E-state index in [-0.39, 0.29) is 23.9 Å². The first-order chi connectivity index (χ1) is 11.2. The van der Waals surface area contributed by atoms with E-state index in [1.807, 2.05) is 9.80 Å². The van der Waals surface area contributed by atoms with Crippen LogP contribution in [0.15, 0.2) is 24.3 Å². The molecule has 2 amide bonds. The van der Waals surface area contributed by atoms with E-state index >= 15 is 0 Å². The molecule has 2 aliphatic rings. The molecule has 23 heavy (non-hydrogen) atoms. The number of methoxy groups -OCH3 is 2.